The number of rotatable bonds is 3. The molecule has 0 saturated heterocycles. The van der Waals surface area contributed by atoms with Crippen molar-refractivity contribution in [3.63, 3.8) is 0 Å². The van der Waals surface area contributed by atoms with Crippen LogP contribution in [0.15, 0.2) is 70.0 Å². The Morgan fingerprint density at radius 3 is 2.53 bits per heavy atom. The van der Waals surface area contributed by atoms with Gasteiger partial charge in [-0.1, -0.05) is 35.3 Å². The molecule has 1 aliphatic heterocycles. The number of fused-ring (bicyclic) bond motifs is 2. The number of non-ortho nitro benzene ring substituents is 1. The van der Waals surface area contributed by atoms with Crippen molar-refractivity contribution in [2.45, 2.75) is 6.04 Å². The van der Waals surface area contributed by atoms with Gasteiger partial charge < -0.3 is 4.42 Å². The lowest BCUT2D eigenvalue weighted by Gasteiger charge is -2.24. The summed E-state index contributed by atoms with van der Waals surface area (Å²) < 4.78 is 5.82. The fraction of sp³-hybridized carbons (Fsp3) is 0.0455. The highest BCUT2D eigenvalue weighted by atomic mass is 35.5. The number of pyridine rings is 1. The molecule has 0 fully saturated rings. The molecule has 2 aromatic heterocycles. The molecule has 0 aliphatic carbocycles. The molecule has 8 nitrogen and oxygen atoms in total. The average Bonchev–Trinajstić information content (AvgIpc) is 3.07. The molecule has 1 atom stereocenters. The van der Waals surface area contributed by atoms with Gasteiger partial charge in [-0.15, -0.1) is 0 Å². The largest absolute Gasteiger partial charge is 0.450 e. The predicted molar refractivity (Wildman–Crippen MR) is 118 cm³/mol. The third-order valence-electron chi connectivity index (χ3n) is 5.19. The number of nitro groups is 1. The van der Waals surface area contributed by atoms with Crippen molar-refractivity contribution in [1.82, 2.24) is 4.98 Å². The molecule has 1 unspecified atom stereocenters. The summed E-state index contributed by atoms with van der Waals surface area (Å²) in [5.74, 6) is -0.540. The first-order chi connectivity index (χ1) is 15.3. The van der Waals surface area contributed by atoms with Crippen LogP contribution in [0.3, 0.4) is 0 Å². The molecule has 1 amide bonds. The van der Waals surface area contributed by atoms with Gasteiger partial charge in [0.25, 0.3) is 11.6 Å². The van der Waals surface area contributed by atoms with Crippen molar-refractivity contribution >= 4 is 51.6 Å². The maximum absolute atomic E-state index is 13.5. The first kappa shape index (κ1) is 20.2. The quantitative estimate of drug-likeness (QED) is 0.304. The normalized spacial score (nSPS) is 15.2. The van der Waals surface area contributed by atoms with Crippen LogP contribution in [0.2, 0.25) is 10.0 Å². The molecule has 10 heteroatoms. The Balaban J connectivity index is 1.82. The third-order valence-corrected chi connectivity index (χ3v) is 5.65. The number of benzene rings is 2. The highest BCUT2D eigenvalue weighted by Gasteiger charge is 2.44. The molecule has 2 aromatic carbocycles. The van der Waals surface area contributed by atoms with Gasteiger partial charge in [-0.3, -0.25) is 24.6 Å². The Bertz CT molecular complexity index is 1480. The van der Waals surface area contributed by atoms with E-state index in [-0.39, 0.29) is 33.8 Å². The summed E-state index contributed by atoms with van der Waals surface area (Å²) in [6.45, 7) is 0. The third kappa shape index (κ3) is 3.12. The molecule has 3 heterocycles. The summed E-state index contributed by atoms with van der Waals surface area (Å²) in [6, 6.07) is 12.3. The second kappa shape index (κ2) is 7.44. The number of carbonyl (C=O) groups excluding carboxylic acids is 1. The van der Waals surface area contributed by atoms with Crippen LogP contribution in [-0.2, 0) is 0 Å². The number of amides is 1. The van der Waals surface area contributed by atoms with E-state index in [0.29, 0.717) is 15.6 Å². The van der Waals surface area contributed by atoms with Crippen LogP contribution in [0, 0.1) is 10.1 Å². The fourth-order valence-corrected chi connectivity index (χ4v) is 4.10. The lowest BCUT2D eigenvalue weighted by molar-refractivity contribution is -0.384. The van der Waals surface area contributed by atoms with Crippen LogP contribution in [-0.4, -0.2) is 15.8 Å². The summed E-state index contributed by atoms with van der Waals surface area (Å²) in [7, 11) is 0. The van der Waals surface area contributed by atoms with Gasteiger partial charge in [0.1, 0.15) is 11.4 Å². The van der Waals surface area contributed by atoms with Gasteiger partial charge >= 0.3 is 0 Å². The van der Waals surface area contributed by atoms with Gasteiger partial charge in [0.05, 0.1) is 26.9 Å². The average molecular weight is 468 g/mol. The number of anilines is 1. The van der Waals surface area contributed by atoms with Crippen molar-refractivity contribution in [3.8, 4) is 0 Å². The Hall–Kier alpha value is -3.75. The first-order valence-electron chi connectivity index (χ1n) is 9.31. The van der Waals surface area contributed by atoms with Crippen LogP contribution >= 0.6 is 23.2 Å². The van der Waals surface area contributed by atoms with E-state index in [2.05, 4.69) is 4.98 Å². The number of hydrogen-bond donors (Lipinski definition) is 0. The Labute approximate surface area is 189 Å². The maximum Gasteiger partial charge on any atom is 0.296 e. The van der Waals surface area contributed by atoms with Crippen LogP contribution in [0.5, 0.6) is 0 Å². The molecule has 5 rings (SSSR count). The van der Waals surface area contributed by atoms with Crippen LogP contribution < -0.4 is 10.3 Å². The molecule has 32 heavy (non-hydrogen) atoms. The highest BCUT2D eigenvalue weighted by Crippen LogP contribution is 2.41. The van der Waals surface area contributed by atoms with Crippen LogP contribution in [0.1, 0.15) is 27.7 Å². The van der Waals surface area contributed by atoms with E-state index in [1.54, 1.807) is 18.2 Å². The van der Waals surface area contributed by atoms with E-state index in [1.165, 1.54) is 47.5 Å². The van der Waals surface area contributed by atoms with E-state index in [9.17, 15) is 19.7 Å². The summed E-state index contributed by atoms with van der Waals surface area (Å²) >= 11 is 12.0. The summed E-state index contributed by atoms with van der Waals surface area (Å²) in [4.78, 5) is 43.2. The molecule has 0 spiro atoms. The number of aromatic nitrogens is 1. The van der Waals surface area contributed by atoms with Crippen molar-refractivity contribution in [3.05, 3.63) is 108 Å². The molecule has 0 saturated carbocycles. The monoisotopic (exact) mass is 467 g/mol. The maximum atomic E-state index is 13.5. The molecule has 0 N–H and O–H groups in total. The predicted octanol–water partition coefficient (Wildman–Crippen LogP) is 5.15. The van der Waals surface area contributed by atoms with Gasteiger partial charge in [0, 0.05) is 23.4 Å². The van der Waals surface area contributed by atoms with E-state index in [4.69, 9.17) is 27.6 Å². The van der Waals surface area contributed by atoms with E-state index >= 15 is 0 Å². The standard InChI is InChI=1S/C22H11Cl2N3O5/c23-12-4-6-16-15(9-12)20(28)18-19(11-2-1-3-14(8-11)27(30)31)26(22(29)21(18)32-16)17-7-5-13(24)10-25-17/h1-10,19H. The van der Waals surface area contributed by atoms with Crippen molar-refractivity contribution in [2.24, 2.45) is 0 Å². The lowest BCUT2D eigenvalue weighted by atomic mass is 9.98. The number of carbonyl (C=O) groups is 1. The summed E-state index contributed by atoms with van der Waals surface area (Å²) in [5, 5.41) is 12.2. The number of nitro benzene ring substituents is 1. The zero-order chi connectivity index (χ0) is 22.6. The van der Waals surface area contributed by atoms with E-state index < -0.39 is 22.3 Å². The summed E-state index contributed by atoms with van der Waals surface area (Å²) in [5.41, 5.74) is -0.0142. The van der Waals surface area contributed by atoms with Gasteiger partial charge in [-0.25, -0.2) is 4.98 Å². The van der Waals surface area contributed by atoms with E-state index in [1.807, 2.05) is 0 Å². The van der Waals surface area contributed by atoms with Gasteiger partial charge in [-0.2, -0.15) is 0 Å². The zero-order valence-corrected chi connectivity index (χ0v) is 17.5. The molecule has 158 valence electrons. The molecule has 0 bridgehead atoms. The SMILES string of the molecule is O=C1c2oc3ccc(Cl)cc3c(=O)c2C(c2cccc([N+](=O)[O-])c2)N1c1ccc(Cl)cn1. The fourth-order valence-electron chi connectivity index (χ4n) is 3.82. The van der Waals surface area contributed by atoms with Crippen molar-refractivity contribution < 1.29 is 14.1 Å². The minimum atomic E-state index is -0.995. The molecule has 4 aromatic rings. The number of hydrogen-bond acceptors (Lipinski definition) is 6. The second-order valence-electron chi connectivity index (χ2n) is 7.08. The zero-order valence-electron chi connectivity index (χ0n) is 16.0. The number of nitrogens with zero attached hydrogens (tertiary/aromatic N) is 3. The second-order valence-corrected chi connectivity index (χ2v) is 7.95. The van der Waals surface area contributed by atoms with Gasteiger partial charge in [0.15, 0.2) is 5.43 Å². The summed E-state index contributed by atoms with van der Waals surface area (Å²) in [6.07, 6.45) is 1.36. The minimum absolute atomic E-state index is 0.0574. The lowest BCUT2D eigenvalue weighted by Crippen LogP contribution is -2.30. The van der Waals surface area contributed by atoms with Gasteiger partial charge in [0.2, 0.25) is 5.76 Å². The first-order valence-corrected chi connectivity index (χ1v) is 10.1. The van der Waals surface area contributed by atoms with Crippen molar-refractivity contribution in [2.75, 3.05) is 4.90 Å². The molecular weight excluding hydrogens is 457 g/mol. The topological polar surface area (TPSA) is 107 Å². The molecule has 1 aliphatic rings. The van der Waals surface area contributed by atoms with Crippen LogP contribution in [0.25, 0.3) is 11.0 Å². The highest BCUT2D eigenvalue weighted by molar-refractivity contribution is 6.31. The van der Waals surface area contributed by atoms with E-state index in [0.717, 1.165) is 0 Å². The Morgan fingerprint density at radius 1 is 1.03 bits per heavy atom. The minimum Gasteiger partial charge on any atom is -0.450 e. The number of halogens is 2. The molecule has 0 radical (unpaired) electrons. The molecular formula is C22H11Cl2N3O5. The van der Waals surface area contributed by atoms with Crippen molar-refractivity contribution in [1.29, 1.82) is 0 Å². The smallest absolute Gasteiger partial charge is 0.296 e. The van der Waals surface area contributed by atoms with Gasteiger partial charge in [-0.05, 0) is 35.9 Å². The van der Waals surface area contributed by atoms with Crippen LogP contribution in [0.4, 0.5) is 11.5 Å². The Kier molecular flexibility index (Phi) is 4.69. The Morgan fingerprint density at radius 2 is 1.81 bits per heavy atom.